The first-order valence-corrected chi connectivity index (χ1v) is 8.15. The molecular formula is C18H23N3O2. The summed E-state index contributed by atoms with van der Waals surface area (Å²) in [5, 5.41) is 6.84. The summed E-state index contributed by atoms with van der Waals surface area (Å²) in [4.78, 5) is 16.5. The van der Waals surface area contributed by atoms with E-state index in [4.69, 9.17) is 4.52 Å². The first-order chi connectivity index (χ1) is 11.0. The maximum atomic E-state index is 12.3. The molecule has 1 aromatic carbocycles. The van der Waals surface area contributed by atoms with Crippen LogP contribution in [0.1, 0.15) is 49.3 Å². The number of aryl methyl sites for hydroxylation is 1. The third kappa shape index (κ3) is 3.44. The molecule has 0 bridgehead atoms. The van der Waals surface area contributed by atoms with Gasteiger partial charge in [0.2, 0.25) is 0 Å². The molecule has 122 valence electrons. The minimum atomic E-state index is -0.0269. The summed E-state index contributed by atoms with van der Waals surface area (Å²) >= 11 is 0. The third-order valence-electron chi connectivity index (χ3n) is 4.91. The van der Waals surface area contributed by atoms with Crippen molar-refractivity contribution in [3.63, 3.8) is 0 Å². The minimum Gasteiger partial charge on any atom is -0.352 e. The Morgan fingerprint density at radius 1 is 1.35 bits per heavy atom. The van der Waals surface area contributed by atoms with Crippen molar-refractivity contribution in [1.29, 1.82) is 0 Å². The smallest absolute Gasteiger partial charge is 0.257 e. The van der Waals surface area contributed by atoms with Crippen molar-refractivity contribution in [2.75, 3.05) is 6.54 Å². The maximum absolute atomic E-state index is 12.3. The number of carbonyl (C=O) groups excluding carboxylic acids is 1. The Balaban J connectivity index is 1.62. The normalized spacial score (nSPS) is 19.7. The fraction of sp³-hybridized carbons (Fsp3) is 0.500. The second kappa shape index (κ2) is 6.14. The Morgan fingerprint density at radius 3 is 2.65 bits per heavy atom. The minimum absolute atomic E-state index is 0.0269. The molecule has 0 aliphatic heterocycles. The van der Waals surface area contributed by atoms with Crippen LogP contribution in [0.25, 0.3) is 11.5 Å². The summed E-state index contributed by atoms with van der Waals surface area (Å²) in [5.74, 6) is 1.61. The van der Waals surface area contributed by atoms with E-state index >= 15 is 0 Å². The molecule has 1 fully saturated rings. The summed E-state index contributed by atoms with van der Waals surface area (Å²) < 4.78 is 5.13. The van der Waals surface area contributed by atoms with Crippen LogP contribution in [0.2, 0.25) is 0 Å². The average molecular weight is 313 g/mol. The number of benzene rings is 1. The van der Waals surface area contributed by atoms with E-state index in [1.165, 1.54) is 19.3 Å². The predicted octanol–water partition coefficient (Wildman–Crippen LogP) is 3.60. The standard InChI is InChI=1S/C18H23N3O2/c1-12-20-17(23-21-12)14-8-6-13(7-9-14)16(22)19-11-15-5-4-10-18(15,2)3/h6-9,15H,4-5,10-11H2,1-3H3,(H,19,22)/t15-/m0/s1. The van der Waals surface area contributed by atoms with E-state index in [-0.39, 0.29) is 5.91 Å². The van der Waals surface area contributed by atoms with Crippen LogP contribution in [0.4, 0.5) is 0 Å². The number of carbonyl (C=O) groups is 1. The van der Waals surface area contributed by atoms with Gasteiger partial charge in [0.15, 0.2) is 5.82 Å². The number of hydrogen-bond donors (Lipinski definition) is 1. The molecular weight excluding hydrogens is 290 g/mol. The lowest BCUT2D eigenvalue weighted by Gasteiger charge is -2.27. The summed E-state index contributed by atoms with van der Waals surface area (Å²) in [6.07, 6.45) is 3.69. The van der Waals surface area contributed by atoms with Crippen molar-refractivity contribution >= 4 is 5.91 Å². The fourth-order valence-corrected chi connectivity index (χ4v) is 3.27. The fourth-order valence-electron chi connectivity index (χ4n) is 3.27. The van der Waals surface area contributed by atoms with Crippen LogP contribution >= 0.6 is 0 Å². The second-order valence-corrected chi connectivity index (χ2v) is 7.01. The first-order valence-electron chi connectivity index (χ1n) is 8.15. The number of rotatable bonds is 4. The molecule has 2 aromatic rings. The van der Waals surface area contributed by atoms with E-state index in [1.807, 2.05) is 12.1 Å². The number of nitrogens with one attached hydrogen (secondary N) is 1. The summed E-state index contributed by atoms with van der Waals surface area (Å²) in [7, 11) is 0. The second-order valence-electron chi connectivity index (χ2n) is 7.01. The van der Waals surface area contributed by atoms with Crippen LogP contribution < -0.4 is 5.32 Å². The molecule has 3 rings (SSSR count). The van der Waals surface area contributed by atoms with Crippen molar-refractivity contribution in [2.45, 2.75) is 40.0 Å². The molecule has 0 saturated heterocycles. The van der Waals surface area contributed by atoms with Crippen LogP contribution in [-0.2, 0) is 0 Å². The quantitative estimate of drug-likeness (QED) is 0.936. The number of amides is 1. The molecule has 0 radical (unpaired) electrons. The molecule has 23 heavy (non-hydrogen) atoms. The van der Waals surface area contributed by atoms with Crippen molar-refractivity contribution in [3.8, 4) is 11.5 Å². The van der Waals surface area contributed by atoms with Crippen LogP contribution in [-0.4, -0.2) is 22.6 Å². The zero-order chi connectivity index (χ0) is 16.4. The Bertz CT molecular complexity index is 689. The summed E-state index contributed by atoms with van der Waals surface area (Å²) in [5.41, 5.74) is 1.80. The van der Waals surface area contributed by atoms with Gasteiger partial charge in [-0.3, -0.25) is 4.79 Å². The van der Waals surface area contributed by atoms with Gasteiger partial charge in [0.1, 0.15) is 0 Å². The van der Waals surface area contributed by atoms with E-state index in [1.54, 1.807) is 19.1 Å². The molecule has 1 amide bonds. The topological polar surface area (TPSA) is 68.0 Å². The van der Waals surface area contributed by atoms with E-state index in [9.17, 15) is 4.79 Å². The van der Waals surface area contributed by atoms with Gasteiger partial charge in [0, 0.05) is 17.7 Å². The Kier molecular flexibility index (Phi) is 4.20. The lowest BCUT2D eigenvalue weighted by atomic mass is 9.82. The van der Waals surface area contributed by atoms with Gasteiger partial charge in [0.25, 0.3) is 11.8 Å². The average Bonchev–Trinajstić information content (AvgIpc) is 3.10. The van der Waals surface area contributed by atoms with Crippen molar-refractivity contribution in [1.82, 2.24) is 15.5 Å². The summed E-state index contributed by atoms with van der Waals surface area (Å²) in [6, 6.07) is 7.26. The molecule has 0 unspecified atom stereocenters. The van der Waals surface area contributed by atoms with Gasteiger partial charge in [-0.1, -0.05) is 25.4 Å². The van der Waals surface area contributed by atoms with E-state index in [2.05, 4.69) is 29.3 Å². The Hall–Kier alpha value is -2.17. The molecule has 1 N–H and O–H groups in total. The lowest BCUT2D eigenvalue weighted by molar-refractivity contribution is 0.0937. The van der Waals surface area contributed by atoms with Gasteiger partial charge >= 0.3 is 0 Å². The predicted molar refractivity (Wildman–Crippen MR) is 87.9 cm³/mol. The molecule has 1 aromatic heterocycles. The Labute approximate surface area is 136 Å². The van der Waals surface area contributed by atoms with Gasteiger partial charge in [-0.2, -0.15) is 4.98 Å². The summed E-state index contributed by atoms with van der Waals surface area (Å²) in [6.45, 7) is 7.10. The molecule has 0 spiro atoms. The maximum Gasteiger partial charge on any atom is 0.257 e. The number of nitrogens with zero attached hydrogens (tertiary/aromatic N) is 2. The highest BCUT2D eigenvalue weighted by Gasteiger charge is 2.34. The van der Waals surface area contributed by atoms with Gasteiger partial charge < -0.3 is 9.84 Å². The highest BCUT2D eigenvalue weighted by molar-refractivity contribution is 5.94. The lowest BCUT2D eigenvalue weighted by Crippen LogP contribution is -2.33. The molecule has 1 aliphatic rings. The van der Waals surface area contributed by atoms with Crippen molar-refractivity contribution < 1.29 is 9.32 Å². The Morgan fingerprint density at radius 2 is 2.09 bits per heavy atom. The van der Waals surface area contributed by atoms with Crippen LogP contribution in [0.3, 0.4) is 0 Å². The molecule has 5 heteroatoms. The van der Waals surface area contributed by atoms with Crippen molar-refractivity contribution in [3.05, 3.63) is 35.7 Å². The highest BCUT2D eigenvalue weighted by Crippen LogP contribution is 2.42. The van der Waals surface area contributed by atoms with Gasteiger partial charge in [-0.15, -0.1) is 0 Å². The molecule has 1 heterocycles. The van der Waals surface area contributed by atoms with Crippen LogP contribution in [0.15, 0.2) is 28.8 Å². The molecule has 5 nitrogen and oxygen atoms in total. The largest absolute Gasteiger partial charge is 0.352 e. The van der Waals surface area contributed by atoms with E-state index in [0.29, 0.717) is 28.6 Å². The van der Waals surface area contributed by atoms with Gasteiger partial charge in [0.05, 0.1) is 0 Å². The van der Waals surface area contributed by atoms with Crippen LogP contribution in [0, 0.1) is 18.3 Å². The van der Waals surface area contributed by atoms with E-state index in [0.717, 1.165) is 12.1 Å². The third-order valence-corrected chi connectivity index (χ3v) is 4.91. The monoisotopic (exact) mass is 313 g/mol. The van der Waals surface area contributed by atoms with Gasteiger partial charge in [-0.05, 0) is 55.4 Å². The highest BCUT2D eigenvalue weighted by atomic mass is 16.5. The van der Waals surface area contributed by atoms with Crippen LogP contribution in [0.5, 0.6) is 0 Å². The van der Waals surface area contributed by atoms with Crippen molar-refractivity contribution in [2.24, 2.45) is 11.3 Å². The van der Waals surface area contributed by atoms with Gasteiger partial charge in [-0.25, -0.2) is 0 Å². The molecule has 1 aliphatic carbocycles. The SMILES string of the molecule is Cc1noc(-c2ccc(C(=O)NC[C@@H]3CCCC3(C)C)cc2)n1. The zero-order valence-electron chi connectivity index (χ0n) is 13.9. The first kappa shape index (κ1) is 15.7. The molecule has 1 saturated carbocycles. The number of aromatic nitrogens is 2. The van der Waals surface area contributed by atoms with E-state index < -0.39 is 0 Å². The molecule has 1 atom stereocenters. The number of hydrogen-bond acceptors (Lipinski definition) is 4. The zero-order valence-corrected chi connectivity index (χ0v) is 13.9.